The third-order valence-corrected chi connectivity index (χ3v) is 3.93. The number of amides is 1. The van der Waals surface area contributed by atoms with Gasteiger partial charge in [-0.3, -0.25) is 9.36 Å². The van der Waals surface area contributed by atoms with E-state index in [9.17, 15) is 9.59 Å². The average molecular weight is 345 g/mol. The van der Waals surface area contributed by atoms with Crippen molar-refractivity contribution < 1.29 is 4.79 Å². The first-order chi connectivity index (χ1) is 10.1. The summed E-state index contributed by atoms with van der Waals surface area (Å²) in [5.41, 5.74) is 7.25. The number of para-hydroxylation sites is 2. The van der Waals surface area contributed by atoms with Crippen LogP contribution >= 0.6 is 24.2 Å². The summed E-state index contributed by atoms with van der Waals surface area (Å²) < 4.78 is 1.61. The highest BCUT2D eigenvalue weighted by atomic mass is 35.5. The Morgan fingerprint density at radius 3 is 2.91 bits per heavy atom. The number of nitrogens with two attached hydrogens (primary N) is 1. The molecule has 0 saturated carbocycles. The Hall–Kier alpha value is -1.44. The van der Waals surface area contributed by atoms with Gasteiger partial charge < -0.3 is 16.0 Å². The van der Waals surface area contributed by atoms with Crippen LogP contribution in [0.5, 0.6) is 0 Å². The van der Waals surface area contributed by atoms with Gasteiger partial charge in [0.1, 0.15) is 0 Å². The lowest BCUT2D eigenvalue weighted by Gasteiger charge is -2.11. The Bertz CT molecular complexity index is 670. The Kier molecular flexibility index (Phi) is 7.50. The lowest BCUT2D eigenvalue weighted by molar-refractivity contribution is -0.122. The molecule has 1 amide bonds. The molecule has 122 valence electrons. The van der Waals surface area contributed by atoms with Crippen molar-refractivity contribution in [2.75, 3.05) is 18.6 Å². The number of aromatic amines is 1. The molecule has 1 atom stereocenters. The van der Waals surface area contributed by atoms with E-state index >= 15 is 0 Å². The molecular weight excluding hydrogens is 324 g/mol. The minimum Gasteiger partial charge on any atom is -0.353 e. The van der Waals surface area contributed by atoms with Gasteiger partial charge in [-0.05, 0) is 30.6 Å². The van der Waals surface area contributed by atoms with E-state index in [1.54, 1.807) is 16.3 Å². The monoisotopic (exact) mass is 344 g/mol. The molecule has 6 nitrogen and oxygen atoms in total. The summed E-state index contributed by atoms with van der Waals surface area (Å²) >= 11 is 1.66. The summed E-state index contributed by atoms with van der Waals surface area (Å²) in [5, 5.41) is 2.77. The first-order valence-electron chi connectivity index (χ1n) is 6.83. The third kappa shape index (κ3) is 4.53. The minimum absolute atomic E-state index is 0. The number of hydrogen-bond acceptors (Lipinski definition) is 4. The second-order valence-corrected chi connectivity index (χ2v) is 5.76. The Morgan fingerprint density at radius 1 is 1.45 bits per heavy atom. The highest BCUT2D eigenvalue weighted by Gasteiger charge is 2.12. The van der Waals surface area contributed by atoms with Crippen molar-refractivity contribution in [3.8, 4) is 0 Å². The van der Waals surface area contributed by atoms with Crippen LogP contribution in [0.15, 0.2) is 29.1 Å². The van der Waals surface area contributed by atoms with Crippen LogP contribution in [0, 0.1) is 0 Å². The molecule has 0 spiro atoms. The van der Waals surface area contributed by atoms with E-state index in [2.05, 4.69) is 10.3 Å². The summed E-state index contributed by atoms with van der Waals surface area (Å²) in [6.45, 7) is 0.803. The molecule has 0 aliphatic heterocycles. The van der Waals surface area contributed by atoms with Crippen molar-refractivity contribution in [3.05, 3.63) is 34.7 Å². The highest BCUT2D eigenvalue weighted by Crippen LogP contribution is 2.08. The Balaban J connectivity index is 0.00000242. The first-order valence-corrected chi connectivity index (χ1v) is 8.22. The molecule has 0 aliphatic rings. The van der Waals surface area contributed by atoms with Gasteiger partial charge in [0.05, 0.1) is 17.1 Å². The Labute approximate surface area is 139 Å². The largest absolute Gasteiger partial charge is 0.353 e. The zero-order valence-corrected chi connectivity index (χ0v) is 14.0. The van der Waals surface area contributed by atoms with Crippen molar-refractivity contribution in [3.63, 3.8) is 0 Å². The smallest absolute Gasteiger partial charge is 0.326 e. The van der Waals surface area contributed by atoms with E-state index in [0.29, 0.717) is 19.5 Å². The molecule has 4 N–H and O–H groups in total. The standard InChI is InChI=1S/C14H20N4O2S.ClH/c1-21-9-6-10(15)13(19)16-7-8-18-12-5-3-2-4-11(12)17-14(18)20;/h2-5,10H,6-9,15H2,1H3,(H,16,19)(H,17,20);1H/t10-;/m0./s1. The molecule has 2 aromatic rings. The maximum atomic E-state index is 11.9. The van der Waals surface area contributed by atoms with E-state index in [-0.39, 0.29) is 24.0 Å². The van der Waals surface area contributed by atoms with E-state index in [0.717, 1.165) is 16.8 Å². The number of H-pyrrole nitrogens is 1. The summed E-state index contributed by atoms with van der Waals surface area (Å²) in [6.07, 6.45) is 2.63. The molecule has 8 heteroatoms. The van der Waals surface area contributed by atoms with Gasteiger partial charge >= 0.3 is 5.69 Å². The van der Waals surface area contributed by atoms with Crippen LogP contribution in [0.3, 0.4) is 0 Å². The van der Waals surface area contributed by atoms with E-state index in [1.165, 1.54) is 0 Å². The fourth-order valence-corrected chi connectivity index (χ4v) is 2.62. The normalized spacial score (nSPS) is 11.9. The van der Waals surface area contributed by atoms with Crippen LogP contribution in [0.2, 0.25) is 0 Å². The number of imidazole rings is 1. The molecule has 0 unspecified atom stereocenters. The minimum atomic E-state index is -0.489. The van der Waals surface area contributed by atoms with Crippen LogP contribution < -0.4 is 16.7 Å². The average Bonchev–Trinajstić information content (AvgIpc) is 2.80. The molecular formula is C14H21ClN4O2S. The lowest BCUT2D eigenvalue weighted by Crippen LogP contribution is -2.42. The number of rotatable bonds is 7. The van der Waals surface area contributed by atoms with Crippen molar-refractivity contribution in [2.24, 2.45) is 5.73 Å². The Morgan fingerprint density at radius 2 is 2.18 bits per heavy atom. The van der Waals surface area contributed by atoms with Crippen LogP contribution in [-0.4, -0.2) is 40.1 Å². The summed E-state index contributed by atoms with van der Waals surface area (Å²) in [6, 6.07) is 6.99. The molecule has 1 heterocycles. The van der Waals surface area contributed by atoms with Gasteiger partial charge in [-0.15, -0.1) is 12.4 Å². The number of nitrogens with zero attached hydrogens (tertiary/aromatic N) is 1. The van der Waals surface area contributed by atoms with E-state index < -0.39 is 6.04 Å². The van der Waals surface area contributed by atoms with Gasteiger partial charge in [-0.25, -0.2) is 4.79 Å². The number of hydrogen-bond donors (Lipinski definition) is 3. The molecule has 0 radical (unpaired) electrons. The number of halogens is 1. The van der Waals surface area contributed by atoms with Gasteiger partial charge in [0.2, 0.25) is 5.91 Å². The predicted molar refractivity (Wildman–Crippen MR) is 93.8 cm³/mol. The summed E-state index contributed by atoms with van der Waals surface area (Å²) in [4.78, 5) is 26.4. The van der Waals surface area contributed by atoms with Crippen LogP contribution in [-0.2, 0) is 11.3 Å². The second-order valence-electron chi connectivity index (χ2n) is 4.78. The van der Waals surface area contributed by atoms with Crippen LogP contribution in [0.4, 0.5) is 0 Å². The molecule has 0 saturated heterocycles. The summed E-state index contributed by atoms with van der Waals surface area (Å²) in [7, 11) is 0. The number of benzene rings is 1. The topological polar surface area (TPSA) is 92.9 Å². The van der Waals surface area contributed by atoms with Crippen LogP contribution in [0.1, 0.15) is 6.42 Å². The number of aromatic nitrogens is 2. The van der Waals surface area contributed by atoms with Crippen molar-refractivity contribution in [1.29, 1.82) is 0 Å². The first kappa shape index (κ1) is 18.6. The number of carbonyl (C=O) groups is 1. The second kappa shape index (κ2) is 8.87. The maximum Gasteiger partial charge on any atom is 0.326 e. The lowest BCUT2D eigenvalue weighted by atomic mass is 10.2. The zero-order valence-electron chi connectivity index (χ0n) is 12.4. The number of nitrogens with one attached hydrogen (secondary N) is 2. The van der Waals surface area contributed by atoms with Gasteiger partial charge in [0.25, 0.3) is 0 Å². The summed E-state index contributed by atoms with van der Waals surface area (Å²) in [5.74, 6) is 0.688. The quantitative estimate of drug-likeness (QED) is 0.697. The van der Waals surface area contributed by atoms with Gasteiger partial charge in [-0.2, -0.15) is 11.8 Å². The van der Waals surface area contributed by atoms with Gasteiger partial charge in [-0.1, -0.05) is 12.1 Å². The molecule has 0 aliphatic carbocycles. The fraction of sp³-hybridized carbons (Fsp3) is 0.429. The molecule has 1 aromatic carbocycles. The van der Waals surface area contributed by atoms with Crippen molar-refractivity contribution >= 4 is 41.1 Å². The fourth-order valence-electron chi connectivity index (χ4n) is 2.13. The van der Waals surface area contributed by atoms with Crippen molar-refractivity contribution in [2.45, 2.75) is 19.0 Å². The van der Waals surface area contributed by atoms with Gasteiger partial charge in [0, 0.05) is 13.1 Å². The number of thioether (sulfide) groups is 1. The van der Waals surface area contributed by atoms with Crippen LogP contribution in [0.25, 0.3) is 11.0 Å². The molecule has 22 heavy (non-hydrogen) atoms. The molecule has 0 fully saturated rings. The predicted octanol–water partition coefficient (Wildman–Crippen LogP) is 0.948. The van der Waals surface area contributed by atoms with Crippen molar-refractivity contribution in [1.82, 2.24) is 14.9 Å². The third-order valence-electron chi connectivity index (χ3n) is 3.29. The molecule has 1 aromatic heterocycles. The maximum absolute atomic E-state index is 11.9. The highest BCUT2D eigenvalue weighted by molar-refractivity contribution is 7.98. The zero-order chi connectivity index (χ0) is 15.2. The number of fused-ring (bicyclic) bond motifs is 1. The van der Waals surface area contributed by atoms with E-state index in [4.69, 9.17) is 5.73 Å². The van der Waals surface area contributed by atoms with E-state index in [1.807, 2.05) is 30.5 Å². The SMILES string of the molecule is CSCC[C@H](N)C(=O)NCCn1c(=O)[nH]c2ccccc21.Cl. The number of carbonyl (C=O) groups excluding carboxylic acids is 1. The molecule has 0 bridgehead atoms. The molecule has 2 rings (SSSR count). The van der Waals surface area contributed by atoms with Gasteiger partial charge in [0.15, 0.2) is 0 Å².